The number of rotatable bonds is 6. The Kier molecular flexibility index (Phi) is 4.87. The zero-order valence-corrected chi connectivity index (χ0v) is 12.1. The smallest absolute Gasteiger partial charge is 0.224 e. The molecule has 0 aliphatic carbocycles. The number of thiazole rings is 1. The molecule has 1 unspecified atom stereocenters. The summed E-state index contributed by atoms with van der Waals surface area (Å²) in [6.07, 6.45) is 0. The van der Waals surface area contributed by atoms with Gasteiger partial charge in [-0.2, -0.15) is 0 Å². The van der Waals surface area contributed by atoms with Gasteiger partial charge in [-0.25, -0.2) is 4.98 Å². The normalized spacial score (nSPS) is 12.5. The van der Waals surface area contributed by atoms with E-state index in [1.807, 2.05) is 38.1 Å². The van der Waals surface area contributed by atoms with Gasteiger partial charge in [-0.05, 0) is 18.7 Å². The first-order valence-electron chi connectivity index (χ1n) is 6.53. The number of aromatic nitrogens is 1. The second-order valence-corrected chi connectivity index (χ2v) is 5.62. The van der Waals surface area contributed by atoms with Crippen LogP contribution in [0.25, 0.3) is 10.2 Å². The van der Waals surface area contributed by atoms with E-state index in [9.17, 15) is 4.79 Å². The van der Waals surface area contributed by atoms with Crippen molar-refractivity contribution in [1.82, 2.24) is 15.6 Å². The molecule has 0 radical (unpaired) electrons. The highest BCUT2D eigenvalue weighted by atomic mass is 32.1. The predicted molar refractivity (Wildman–Crippen MR) is 79.2 cm³/mol. The van der Waals surface area contributed by atoms with Crippen molar-refractivity contribution >= 4 is 27.5 Å². The molecule has 0 bridgehead atoms. The van der Waals surface area contributed by atoms with Gasteiger partial charge in [0.05, 0.1) is 16.8 Å². The van der Waals surface area contributed by atoms with Crippen LogP contribution in [0.4, 0.5) is 0 Å². The number of nitrogens with one attached hydrogen (secondary N) is 2. The van der Waals surface area contributed by atoms with Crippen molar-refractivity contribution in [2.75, 3.05) is 13.1 Å². The quantitative estimate of drug-likeness (QED) is 0.850. The third-order valence-corrected chi connectivity index (χ3v) is 3.94. The second-order valence-electron chi connectivity index (χ2n) is 4.50. The van der Waals surface area contributed by atoms with E-state index in [2.05, 4.69) is 15.6 Å². The van der Waals surface area contributed by atoms with Crippen molar-refractivity contribution in [3.05, 3.63) is 29.3 Å². The van der Waals surface area contributed by atoms with E-state index in [0.29, 0.717) is 13.1 Å². The Labute approximate surface area is 117 Å². The number of nitrogens with zero attached hydrogens (tertiary/aromatic N) is 1. The molecule has 1 atom stereocenters. The van der Waals surface area contributed by atoms with E-state index in [4.69, 9.17) is 0 Å². The van der Waals surface area contributed by atoms with Crippen LogP contribution in [0.15, 0.2) is 24.3 Å². The lowest BCUT2D eigenvalue weighted by atomic mass is 10.1. The summed E-state index contributed by atoms with van der Waals surface area (Å²) in [5, 5.41) is 7.06. The summed E-state index contributed by atoms with van der Waals surface area (Å²) in [6.45, 7) is 6.06. The Hall–Kier alpha value is -1.46. The molecule has 2 aromatic rings. The second kappa shape index (κ2) is 6.63. The van der Waals surface area contributed by atoms with Gasteiger partial charge in [-0.15, -0.1) is 11.3 Å². The van der Waals surface area contributed by atoms with Crippen molar-refractivity contribution in [2.45, 2.75) is 20.4 Å². The maximum Gasteiger partial charge on any atom is 0.224 e. The van der Waals surface area contributed by atoms with Crippen LogP contribution in [0, 0.1) is 5.92 Å². The van der Waals surface area contributed by atoms with Crippen LogP contribution in [-0.4, -0.2) is 24.0 Å². The molecule has 0 aliphatic heterocycles. The molecule has 102 valence electrons. The first-order chi connectivity index (χ1) is 9.20. The minimum atomic E-state index is -0.0191. The Morgan fingerprint density at radius 2 is 2.21 bits per heavy atom. The van der Waals surface area contributed by atoms with Gasteiger partial charge in [0.15, 0.2) is 0 Å². The van der Waals surface area contributed by atoms with E-state index in [0.717, 1.165) is 21.8 Å². The third kappa shape index (κ3) is 3.75. The Morgan fingerprint density at radius 1 is 1.42 bits per heavy atom. The Morgan fingerprint density at radius 3 is 2.95 bits per heavy atom. The molecule has 1 heterocycles. The maximum absolute atomic E-state index is 11.9. The number of hydrogen-bond acceptors (Lipinski definition) is 4. The van der Waals surface area contributed by atoms with Gasteiger partial charge in [0, 0.05) is 12.5 Å². The van der Waals surface area contributed by atoms with Gasteiger partial charge in [-0.3, -0.25) is 4.79 Å². The van der Waals surface area contributed by atoms with Crippen molar-refractivity contribution < 1.29 is 4.79 Å². The van der Waals surface area contributed by atoms with Gasteiger partial charge in [0.2, 0.25) is 5.91 Å². The van der Waals surface area contributed by atoms with E-state index in [1.54, 1.807) is 11.3 Å². The molecule has 1 aromatic heterocycles. The van der Waals surface area contributed by atoms with Gasteiger partial charge < -0.3 is 10.6 Å². The zero-order valence-electron chi connectivity index (χ0n) is 11.3. The van der Waals surface area contributed by atoms with Crippen LogP contribution < -0.4 is 10.6 Å². The van der Waals surface area contributed by atoms with Gasteiger partial charge >= 0.3 is 0 Å². The largest absolute Gasteiger partial charge is 0.349 e. The zero-order chi connectivity index (χ0) is 13.7. The van der Waals surface area contributed by atoms with Crippen LogP contribution in [0.5, 0.6) is 0 Å². The highest BCUT2D eigenvalue weighted by molar-refractivity contribution is 7.18. The summed E-state index contributed by atoms with van der Waals surface area (Å²) < 4.78 is 1.16. The fourth-order valence-corrected chi connectivity index (χ4v) is 2.69. The summed E-state index contributed by atoms with van der Waals surface area (Å²) in [6, 6.07) is 8.02. The number of benzene rings is 1. The first-order valence-corrected chi connectivity index (χ1v) is 7.35. The first kappa shape index (κ1) is 14.0. The molecule has 1 amide bonds. The predicted octanol–water partition coefficient (Wildman–Crippen LogP) is 2.16. The average molecular weight is 277 g/mol. The van der Waals surface area contributed by atoms with Crippen molar-refractivity contribution in [1.29, 1.82) is 0 Å². The van der Waals surface area contributed by atoms with E-state index >= 15 is 0 Å². The molecule has 19 heavy (non-hydrogen) atoms. The molecular weight excluding hydrogens is 258 g/mol. The Bertz CT molecular complexity index is 519. The molecule has 4 nitrogen and oxygen atoms in total. The molecule has 0 saturated heterocycles. The number of hydrogen-bond donors (Lipinski definition) is 2. The van der Waals surface area contributed by atoms with Crippen molar-refractivity contribution in [3.8, 4) is 0 Å². The van der Waals surface area contributed by atoms with E-state index in [-0.39, 0.29) is 11.8 Å². The monoisotopic (exact) mass is 277 g/mol. The van der Waals surface area contributed by atoms with Crippen LogP contribution in [-0.2, 0) is 11.3 Å². The SMILES string of the molecule is CCNCC(C)C(=O)NCc1nc2ccccc2s1. The fourth-order valence-electron chi connectivity index (χ4n) is 1.79. The highest BCUT2D eigenvalue weighted by Crippen LogP contribution is 2.21. The molecule has 1 aromatic carbocycles. The van der Waals surface area contributed by atoms with Gasteiger partial charge in [0.1, 0.15) is 5.01 Å². The third-order valence-electron chi connectivity index (χ3n) is 2.90. The molecular formula is C14H19N3OS. The number of para-hydroxylation sites is 1. The molecule has 5 heteroatoms. The van der Waals surface area contributed by atoms with E-state index < -0.39 is 0 Å². The van der Waals surface area contributed by atoms with Crippen LogP contribution in [0.1, 0.15) is 18.9 Å². The van der Waals surface area contributed by atoms with Crippen LogP contribution in [0.3, 0.4) is 0 Å². The van der Waals surface area contributed by atoms with Crippen LogP contribution >= 0.6 is 11.3 Å². The van der Waals surface area contributed by atoms with Gasteiger partial charge in [-0.1, -0.05) is 26.0 Å². The van der Waals surface area contributed by atoms with Crippen molar-refractivity contribution in [2.24, 2.45) is 5.92 Å². The maximum atomic E-state index is 11.9. The van der Waals surface area contributed by atoms with Gasteiger partial charge in [0.25, 0.3) is 0 Å². The minimum absolute atomic E-state index is 0.0191. The lowest BCUT2D eigenvalue weighted by molar-refractivity contribution is -0.124. The topological polar surface area (TPSA) is 54.0 Å². The summed E-state index contributed by atoms with van der Waals surface area (Å²) in [5.74, 6) is 0.0505. The molecule has 0 saturated carbocycles. The average Bonchev–Trinajstić information content (AvgIpc) is 2.84. The minimum Gasteiger partial charge on any atom is -0.349 e. The highest BCUT2D eigenvalue weighted by Gasteiger charge is 2.12. The number of carbonyl (C=O) groups excluding carboxylic acids is 1. The van der Waals surface area contributed by atoms with Crippen molar-refractivity contribution in [3.63, 3.8) is 0 Å². The summed E-state index contributed by atoms with van der Waals surface area (Å²) in [5.41, 5.74) is 0.998. The number of amides is 1. The summed E-state index contributed by atoms with van der Waals surface area (Å²) in [4.78, 5) is 16.4. The number of carbonyl (C=O) groups is 1. The van der Waals surface area contributed by atoms with E-state index in [1.165, 1.54) is 0 Å². The molecule has 0 spiro atoms. The molecule has 2 N–H and O–H groups in total. The fraction of sp³-hybridized carbons (Fsp3) is 0.429. The number of fused-ring (bicyclic) bond motifs is 1. The Balaban J connectivity index is 1.89. The lowest BCUT2D eigenvalue weighted by Crippen LogP contribution is -2.34. The molecule has 0 aliphatic rings. The molecule has 0 fully saturated rings. The van der Waals surface area contributed by atoms with Crippen LogP contribution in [0.2, 0.25) is 0 Å². The summed E-state index contributed by atoms with van der Waals surface area (Å²) >= 11 is 1.63. The summed E-state index contributed by atoms with van der Waals surface area (Å²) in [7, 11) is 0. The molecule has 2 rings (SSSR count). The lowest BCUT2D eigenvalue weighted by Gasteiger charge is -2.11. The standard InChI is InChI=1S/C14H19N3OS/c1-3-15-8-10(2)14(18)16-9-13-17-11-6-4-5-7-12(11)19-13/h4-7,10,15H,3,8-9H2,1-2H3,(H,16,18).